The van der Waals surface area contributed by atoms with Crippen LogP contribution in [0.25, 0.3) is 0 Å². The molecule has 2 heterocycles. The van der Waals surface area contributed by atoms with Crippen LogP contribution < -0.4 is 10.1 Å². The molecule has 2 fully saturated rings. The second-order valence-corrected chi connectivity index (χ2v) is 8.05. The number of ether oxygens (including phenoxy) is 1. The first kappa shape index (κ1) is 20.3. The quantitative estimate of drug-likeness (QED) is 0.836. The minimum atomic E-state index is -0.682. The van der Waals surface area contributed by atoms with E-state index in [4.69, 9.17) is 4.74 Å². The Morgan fingerprint density at radius 1 is 1.23 bits per heavy atom. The van der Waals surface area contributed by atoms with Crippen LogP contribution >= 0.6 is 0 Å². The highest BCUT2D eigenvalue weighted by Gasteiger charge is 2.51. The van der Waals surface area contributed by atoms with Crippen LogP contribution in [0, 0.1) is 11.6 Å². The number of carbonyl (C=O) groups is 2. The molecule has 2 aliphatic heterocycles. The second kappa shape index (κ2) is 8.05. The van der Waals surface area contributed by atoms with Crippen molar-refractivity contribution in [1.29, 1.82) is 0 Å². The molecule has 2 saturated heterocycles. The number of halogens is 2. The van der Waals surface area contributed by atoms with Crippen molar-refractivity contribution in [2.75, 3.05) is 20.2 Å². The highest BCUT2D eigenvalue weighted by molar-refractivity contribution is 5.81. The Labute approximate surface area is 174 Å². The largest absolute Gasteiger partial charge is 0.494 e. The zero-order valence-corrected chi connectivity index (χ0v) is 16.8. The summed E-state index contributed by atoms with van der Waals surface area (Å²) >= 11 is 0. The van der Waals surface area contributed by atoms with E-state index in [0.717, 1.165) is 0 Å². The first-order valence-electron chi connectivity index (χ1n) is 10.1. The van der Waals surface area contributed by atoms with Gasteiger partial charge in [0.25, 0.3) is 0 Å². The zero-order chi connectivity index (χ0) is 21.3. The van der Waals surface area contributed by atoms with Crippen molar-refractivity contribution in [2.45, 2.75) is 37.1 Å². The Kier molecular flexibility index (Phi) is 5.45. The number of amides is 2. The first-order chi connectivity index (χ1) is 14.4. The maximum atomic E-state index is 14.6. The van der Waals surface area contributed by atoms with Crippen molar-refractivity contribution in [3.8, 4) is 5.75 Å². The van der Waals surface area contributed by atoms with Gasteiger partial charge in [0.05, 0.1) is 19.1 Å². The third kappa shape index (κ3) is 3.76. The lowest BCUT2D eigenvalue weighted by Crippen LogP contribution is -2.56. The fourth-order valence-corrected chi connectivity index (χ4v) is 4.71. The number of hydrogen-bond acceptors (Lipinski definition) is 3. The number of benzene rings is 2. The number of likely N-dealkylation sites (tertiary alicyclic amines) is 1. The van der Waals surface area contributed by atoms with Gasteiger partial charge in [-0.25, -0.2) is 8.78 Å². The summed E-state index contributed by atoms with van der Waals surface area (Å²) in [6, 6.07) is 10.9. The molecule has 0 aliphatic carbocycles. The SMILES string of the molecule is COc1ccc(CC(=O)N2C[C@@H](c3ccccc3F)[C@@]3(CCCC(=O)N3)C2)cc1F. The topological polar surface area (TPSA) is 58.6 Å². The summed E-state index contributed by atoms with van der Waals surface area (Å²) in [5.74, 6) is -1.33. The Balaban J connectivity index is 1.59. The molecule has 2 aromatic carbocycles. The molecule has 0 unspecified atom stereocenters. The monoisotopic (exact) mass is 414 g/mol. The average Bonchev–Trinajstić information content (AvgIpc) is 3.06. The normalized spacial score (nSPS) is 23.5. The molecule has 0 aromatic heterocycles. The Morgan fingerprint density at radius 3 is 2.73 bits per heavy atom. The second-order valence-electron chi connectivity index (χ2n) is 8.05. The number of carbonyl (C=O) groups excluding carboxylic acids is 2. The van der Waals surface area contributed by atoms with Crippen molar-refractivity contribution in [2.24, 2.45) is 0 Å². The molecule has 7 heteroatoms. The van der Waals surface area contributed by atoms with Crippen LogP contribution in [0.3, 0.4) is 0 Å². The van der Waals surface area contributed by atoms with E-state index in [0.29, 0.717) is 43.5 Å². The van der Waals surface area contributed by atoms with Gasteiger partial charge in [-0.3, -0.25) is 9.59 Å². The predicted molar refractivity (Wildman–Crippen MR) is 107 cm³/mol. The molecule has 0 bridgehead atoms. The van der Waals surface area contributed by atoms with Gasteiger partial charge in [0.2, 0.25) is 11.8 Å². The number of methoxy groups -OCH3 is 1. The standard InChI is InChI=1S/C23H24F2N2O3/c1-30-20-9-8-15(11-19(20)25)12-22(29)27-13-17(16-5-2-3-6-18(16)24)23(14-27)10-4-7-21(28)26-23/h2-3,5-6,8-9,11,17H,4,7,10,12-14H2,1H3,(H,26,28)/t17-,23+/m0/s1. The zero-order valence-electron chi connectivity index (χ0n) is 16.8. The minimum Gasteiger partial charge on any atom is -0.494 e. The lowest BCUT2D eigenvalue weighted by molar-refractivity contribution is -0.131. The molecular formula is C23H24F2N2O3. The summed E-state index contributed by atoms with van der Waals surface area (Å²) in [5.41, 5.74) is 0.359. The fourth-order valence-electron chi connectivity index (χ4n) is 4.71. The van der Waals surface area contributed by atoms with E-state index in [1.54, 1.807) is 29.2 Å². The first-order valence-corrected chi connectivity index (χ1v) is 10.1. The third-order valence-corrected chi connectivity index (χ3v) is 6.16. The summed E-state index contributed by atoms with van der Waals surface area (Å²) in [4.78, 5) is 26.9. The molecule has 5 nitrogen and oxygen atoms in total. The molecule has 2 aliphatic rings. The molecule has 0 radical (unpaired) electrons. The number of hydrogen-bond donors (Lipinski definition) is 1. The Hall–Kier alpha value is -2.96. The van der Waals surface area contributed by atoms with E-state index in [2.05, 4.69) is 5.32 Å². The van der Waals surface area contributed by atoms with Gasteiger partial charge < -0.3 is 15.0 Å². The van der Waals surface area contributed by atoms with E-state index < -0.39 is 11.4 Å². The smallest absolute Gasteiger partial charge is 0.227 e. The molecule has 0 saturated carbocycles. The number of nitrogens with one attached hydrogen (secondary N) is 1. The van der Waals surface area contributed by atoms with Gasteiger partial charge >= 0.3 is 0 Å². The molecule has 2 aromatic rings. The Morgan fingerprint density at radius 2 is 2.03 bits per heavy atom. The van der Waals surface area contributed by atoms with Crippen molar-refractivity contribution in [3.05, 3.63) is 65.2 Å². The van der Waals surface area contributed by atoms with E-state index in [1.807, 2.05) is 0 Å². The maximum absolute atomic E-state index is 14.6. The van der Waals surface area contributed by atoms with Crippen LogP contribution in [0.1, 0.15) is 36.3 Å². The minimum absolute atomic E-state index is 0.0228. The Bertz CT molecular complexity index is 981. The van der Waals surface area contributed by atoms with Gasteiger partial charge in [0.15, 0.2) is 11.6 Å². The van der Waals surface area contributed by atoms with E-state index in [-0.39, 0.29) is 35.7 Å². The highest BCUT2D eigenvalue weighted by atomic mass is 19.1. The molecule has 2 atom stereocenters. The van der Waals surface area contributed by atoms with E-state index in [9.17, 15) is 18.4 Å². The maximum Gasteiger partial charge on any atom is 0.227 e. The molecule has 30 heavy (non-hydrogen) atoms. The predicted octanol–water partition coefficient (Wildman–Crippen LogP) is 3.18. The van der Waals surface area contributed by atoms with Gasteiger partial charge in [-0.2, -0.15) is 0 Å². The highest BCUT2D eigenvalue weighted by Crippen LogP contribution is 2.42. The molecular weight excluding hydrogens is 390 g/mol. The molecule has 4 rings (SSSR count). The average molecular weight is 414 g/mol. The summed E-state index contributed by atoms with van der Waals surface area (Å²) in [5, 5.41) is 3.06. The molecule has 158 valence electrons. The van der Waals surface area contributed by atoms with Crippen LogP contribution in [0.4, 0.5) is 8.78 Å². The fraction of sp³-hybridized carbons (Fsp3) is 0.391. The van der Waals surface area contributed by atoms with Gasteiger partial charge in [0, 0.05) is 25.4 Å². The summed E-state index contributed by atoms with van der Waals surface area (Å²) in [7, 11) is 1.38. The van der Waals surface area contributed by atoms with Gasteiger partial charge in [0.1, 0.15) is 5.82 Å². The van der Waals surface area contributed by atoms with Gasteiger partial charge in [-0.1, -0.05) is 24.3 Å². The van der Waals surface area contributed by atoms with Crippen LogP contribution in [-0.2, 0) is 16.0 Å². The number of nitrogens with zero attached hydrogens (tertiary/aromatic N) is 1. The number of rotatable bonds is 4. The summed E-state index contributed by atoms with van der Waals surface area (Å²) in [6.07, 6.45) is 1.83. The van der Waals surface area contributed by atoms with Gasteiger partial charge in [-0.05, 0) is 42.2 Å². The van der Waals surface area contributed by atoms with E-state index >= 15 is 0 Å². The van der Waals surface area contributed by atoms with Crippen LogP contribution in [0.5, 0.6) is 5.75 Å². The summed E-state index contributed by atoms with van der Waals surface area (Å²) in [6.45, 7) is 0.619. The molecule has 1 N–H and O–H groups in total. The number of piperidine rings is 1. The van der Waals surface area contributed by atoms with Crippen LogP contribution in [0.2, 0.25) is 0 Å². The lowest BCUT2D eigenvalue weighted by Gasteiger charge is -2.39. The van der Waals surface area contributed by atoms with Crippen LogP contribution in [-0.4, -0.2) is 42.5 Å². The van der Waals surface area contributed by atoms with E-state index in [1.165, 1.54) is 25.3 Å². The van der Waals surface area contributed by atoms with Crippen molar-refractivity contribution < 1.29 is 23.1 Å². The van der Waals surface area contributed by atoms with Crippen LogP contribution in [0.15, 0.2) is 42.5 Å². The molecule has 2 amide bonds. The lowest BCUT2D eigenvalue weighted by atomic mass is 9.76. The van der Waals surface area contributed by atoms with Crippen molar-refractivity contribution in [1.82, 2.24) is 10.2 Å². The summed E-state index contributed by atoms with van der Waals surface area (Å²) < 4.78 is 33.5. The third-order valence-electron chi connectivity index (χ3n) is 6.16. The van der Waals surface area contributed by atoms with Crippen molar-refractivity contribution in [3.63, 3.8) is 0 Å². The molecule has 1 spiro atoms. The van der Waals surface area contributed by atoms with Crippen molar-refractivity contribution >= 4 is 11.8 Å². The van der Waals surface area contributed by atoms with Gasteiger partial charge in [-0.15, -0.1) is 0 Å².